The minimum Gasteiger partial charge on any atom is -0.359 e. The lowest BCUT2D eigenvalue weighted by molar-refractivity contribution is -0.130. The van der Waals surface area contributed by atoms with Gasteiger partial charge in [0.25, 0.3) is 0 Å². The minimum absolute atomic E-state index is 0.0682. The highest BCUT2D eigenvalue weighted by Crippen LogP contribution is 2.34. The molecule has 14 heavy (non-hydrogen) atoms. The summed E-state index contributed by atoms with van der Waals surface area (Å²) >= 11 is 0. The second kappa shape index (κ2) is 3.12. The van der Waals surface area contributed by atoms with Crippen LogP contribution < -0.4 is 0 Å². The van der Waals surface area contributed by atoms with Crippen LogP contribution in [0.15, 0.2) is 10.6 Å². The van der Waals surface area contributed by atoms with E-state index in [1.54, 1.807) is 4.90 Å². The fraction of sp³-hybridized carbons (Fsp3) is 0.600. The van der Waals surface area contributed by atoms with Gasteiger partial charge < -0.3 is 9.42 Å². The maximum atomic E-state index is 11.6. The van der Waals surface area contributed by atoms with Crippen molar-refractivity contribution in [3.05, 3.63) is 17.5 Å². The third-order valence-corrected chi connectivity index (χ3v) is 2.79. The van der Waals surface area contributed by atoms with Crippen molar-refractivity contribution in [1.29, 1.82) is 0 Å². The molecule has 1 aliphatic heterocycles. The van der Waals surface area contributed by atoms with E-state index in [1.165, 1.54) is 0 Å². The summed E-state index contributed by atoms with van der Waals surface area (Å²) in [5, 5.41) is 3.83. The molecule has 0 saturated carbocycles. The zero-order chi connectivity index (χ0) is 10.3. The van der Waals surface area contributed by atoms with Crippen molar-refractivity contribution in [1.82, 2.24) is 10.1 Å². The third kappa shape index (κ3) is 1.31. The average Bonchev–Trinajstić information content (AvgIpc) is 2.66. The predicted octanol–water partition coefficient (Wildman–Crippen LogP) is 1.52. The van der Waals surface area contributed by atoms with Crippen LogP contribution in [0.2, 0.25) is 0 Å². The molecule has 0 aliphatic carbocycles. The number of likely N-dealkylation sites (tertiary alicyclic amines) is 1. The number of carbonyl (C=O) groups is 1. The molecule has 2 rings (SSSR count). The topological polar surface area (TPSA) is 46.3 Å². The molecule has 76 valence electrons. The largest absolute Gasteiger partial charge is 0.359 e. The Morgan fingerprint density at radius 1 is 1.64 bits per heavy atom. The SMILES string of the molecule is Cc1cc(C2C[C@H](C)C(=O)N2C)on1. The van der Waals surface area contributed by atoms with Crippen molar-refractivity contribution < 1.29 is 9.32 Å². The molecular weight excluding hydrogens is 180 g/mol. The van der Waals surface area contributed by atoms with Crippen LogP contribution in [-0.2, 0) is 4.79 Å². The molecule has 4 nitrogen and oxygen atoms in total. The Bertz CT molecular complexity index is 359. The Morgan fingerprint density at radius 2 is 2.36 bits per heavy atom. The first-order valence-corrected chi connectivity index (χ1v) is 4.79. The maximum absolute atomic E-state index is 11.6. The molecule has 1 aromatic heterocycles. The number of carbonyl (C=O) groups excluding carboxylic acids is 1. The fourth-order valence-corrected chi connectivity index (χ4v) is 1.94. The number of hydrogen-bond acceptors (Lipinski definition) is 3. The zero-order valence-corrected chi connectivity index (χ0v) is 8.65. The average molecular weight is 194 g/mol. The van der Waals surface area contributed by atoms with Gasteiger partial charge in [0.1, 0.15) is 0 Å². The van der Waals surface area contributed by atoms with E-state index in [9.17, 15) is 4.79 Å². The molecule has 0 N–H and O–H groups in total. The molecule has 1 saturated heterocycles. The molecule has 1 aliphatic rings. The van der Waals surface area contributed by atoms with Crippen LogP contribution >= 0.6 is 0 Å². The minimum atomic E-state index is 0.0682. The van der Waals surface area contributed by atoms with E-state index >= 15 is 0 Å². The van der Waals surface area contributed by atoms with Gasteiger partial charge in [-0.25, -0.2) is 0 Å². The van der Waals surface area contributed by atoms with Gasteiger partial charge in [-0.05, 0) is 13.3 Å². The Morgan fingerprint density at radius 3 is 2.79 bits per heavy atom. The van der Waals surface area contributed by atoms with Crippen LogP contribution in [0.4, 0.5) is 0 Å². The molecule has 0 bridgehead atoms. The van der Waals surface area contributed by atoms with Crippen molar-refractivity contribution in [2.45, 2.75) is 26.3 Å². The predicted molar refractivity (Wildman–Crippen MR) is 50.5 cm³/mol. The highest BCUT2D eigenvalue weighted by atomic mass is 16.5. The van der Waals surface area contributed by atoms with Crippen LogP contribution in [0.5, 0.6) is 0 Å². The second-order valence-corrected chi connectivity index (χ2v) is 3.97. The number of amides is 1. The number of aromatic nitrogens is 1. The van der Waals surface area contributed by atoms with Gasteiger partial charge >= 0.3 is 0 Å². The molecule has 1 aromatic rings. The lowest BCUT2D eigenvalue weighted by atomic mass is 10.1. The first-order valence-electron chi connectivity index (χ1n) is 4.79. The summed E-state index contributed by atoms with van der Waals surface area (Å²) < 4.78 is 5.17. The van der Waals surface area contributed by atoms with Crippen LogP contribution in [0, 0.1) is 12.8 Å². The van der Waals surface area contributed by atoms with Crippen molar-refractivity contribution in [2.75, 3.05) is 7.05 Å². The van der Waals surface area contributed by atoms with Crippen LogP contribution in [0.1, 0.15) is 30.8 Å². The van der Waals surface area contributed by atoms with Gasteiger partial charge in [0.05, 0.1) is 11.7 Å². The molecule has 1 amide bonds. The Kier molecular flexibility index (Phi) is 2.06. The van der Waals surface area contributed by atoms with E-state index in [0.717, 1.165) is 17.9 Å². The molecule has 0 aromatic carbocycles. The molecule has 2 atom stereocenters. The number of nitrogens with zero attached hydrogens (tertiary/aromatic N) is 2. The van der Waals surface area contributed by atoms with Crippen LogP contribution in [0.25, 0.3) is 0 Å². The molecule has 0 radical (unpaired) electrons. The van der Waals surface area contributed by atoms with E-state index in [-0.39, 0.29) is 17.9 Å². The van der Waals surface area contributed by atoms with Gasteiger partial charge in [0, 0.05) is 19.0 Å². The van der Waals surface area contributed by atoms with Crippen molar-refractivity contribution in [2.24, 2.45) is 5.92 Å². The molecular formula is C10H14N2O2. The van der Waals surface area contributed by atoms with Gasteiger partial charge in [0.2, 0.25) is 5.91 Å². The van der Waals surface area contributed by atoms with Crippen molar-refractivity contribution in [3.63, 3.8) is 0 Å². The highest BCUT2D eigenvalue weighted by Gasteiger charge is 2.37. The summed E-state index contributed by atoms with van der Waals surface area (Å²) in [6, 6.07) is 1.96. The lowest BCUT2D eigenvalue weighted by Crippen LogP contribution is -2.23. The smallest absolute Gasteiger partial charge is 0.225 e. The summed E-state index contributed by atoms with van der Waals surface area (Å²) in [4.78, 5) is 13.3. The number of aryl methyl sites for hydroxylation is 1. The number of rotatable bonds is 1. The van der Waals surface area contributed by atoms with Gasteiger partial charge in [-0.15, -0.1) is 0 Å². The zero-order valence-electron chi connectivity index (χ0n) is 8.65. The molecule has 1 fully saturated rings. The molecule has 0 spiro atoms. The number of hydrogen-bond donors (Lipinski definition) is 0. The monoisotopic (exact) mass is 194 g/mol. The quantitative estimate of drug-likeness (QED) is 0.681. The van der Waals surface area contributed by atoms with E-state index in [1.807, 2.05) is 27.0 Å². The van der Waals surface area contributed by atoms with Gasteiger partial charge in [-0.1, -0.05) is 12.1 Å². The Labute approximate surface area is 82.9 Å². The van der Waals surface area contributed by atoms with Crippen molar-refractivity contribution >= 4 is 5.91 Å². The standard InChI is InChI=1S/C10H14N2O2/c1-6-4-8(12(3)10(6)13)9-5-7(2)11-14-9/h5-6,8H,4H2,1-3H3/t6-,8?/m0/s1. The Balaban J connectivity index is 2.25. The van der Waals surface area contributed by atoms with Gasteiger partial charge in [0.15, 0.2) is 5.76 Å². The summed E-state index contributed by atoms with van der Waals surface area (Å²) in [6.07, 6.45) is 0.823. The van der Waals surface area contributed by atoms with E-state index < -0.39 is 0 Å². The Hall–Kier alpha value is -1.32. The lowest BCUT2D eigenvalue weighted by Gasteiger charge is -2.16. The summed E-state index contributed by atoms with van der Waals surface area (Å²) in [7, 11) is 1.81. The first kappa shape index (κ1) is 9.24. The van der Waals surface area contributed by atoms with Crippen LogP contribution in [-0.4, -0.2) is 23.0 Å². The molecule has 4 heteroatoms. The first-order chi connectivity index (χ1) is 6.59. The fourth-order valence-electron chi connectivity index (χ4n) is 1.94. The van der Waals surface area contributed by atoms with Crippen molar-refractivity contribution in [3.8, 4) is 0 Å². The van der Waals surface area contributed by atoms with E-state index in [0.29, 0.717) is 0 Å². The molecule has 1 unspecified atom stereocenters. The van der Waals surface area contributed by atoms with Crippen LogP contribution in [0.3, 0.4) is 0 Å². The normalized spacial score (nSPS) is 27.4. The third-order valence-electron chi connectivity index (χ3n) is 2.79. The van der Waals surface area contributed by atoms with Gasteiger partial charge in [-0.3, -0.25) is 4.79 Å². The maximum Gasteiger partial charge on any atom is 0.225 e. The molecule has 2 heterocycles. The summed E-state index contributed by atoms with van der Waals surface area (Å²) in [5.74, 6) is 1.07. The summed E-state index contributed by atoms with van der Waals surface area (Å²) in [6.45, 7) is 3.83. The van der Waals surface area contributed by atoms with Gasteiger partial charge in [-0.2, -0.15) is 0 Å². The summed E-state index contributed by atoms with van der Waals surface area (Å²) in [5.41, 5.74) is 0.861. The highest BCUT2D eigenvalue weighted by molar-refractivity contribution is 5.80. The van der Waals surface area contributed by atoms with E-state index in [4.69, 9.17) is 4.52 Å². The second-order valence-electron chi connectivity index (χ2n) is 3.97. The van der Waals surface area contributed by atoms with E-state index in [2.05, 4.69) is 5.16 Å².